The maximum Gasteiger partial charge on any atom is 0.169 e. The molecule has 6 heteroatoms. The van der Waals surface area contributed by atoms with Gasteiger partial charge in [0.1, 0.15) is 0 Å². The number of carbonyl (C=O) groups is 2. The van der Waals surface area contributed by atoms with E-state index in [4.69, 9.17) is 5.11 Å². The van der Waals surface area contributed by atoms with E-state index in [1.165, 1.54) is 0 Å². The third-order valence-electron chi connectivity index (χ3n) is 6.62. The summed E-state index contributed by atoms with van der Waals surface area (Å²) in [4.78, 5) is 31.1. The Morgan fingerprint density at radius 3 is 1.94 bits per heavy atom. The maximum absolute atomic E-state index is 13.2. The molecule has 1 saturated heterocycles. The van der Waals surface area contributed by atoms with Gasteiger partial charge in [0.05, 0.1) is 17.9 Å². The fraction of sp³-hybridized carbons (Fsp3) is 0.407. The molecule has 0 bridgehead atoms. The molecule has 2 fully saturated rings. The fourth-order valence-corrected chi connectivity index (χ4v) is 4.78. The van der Waals surface area contributed by atoms with E-state index in [1.807, 2.05) is 60.7 Å². The largest absolute Gasteiger partial charge is 0.395 e. The molecule has 1 aliphatic carbocycles. The van der Waals surface area contributed by atoms with Gasteiger partial charge in [0.2, 0.25) is 0 Å². The number of benzene rings is 2. The maximum atomic E-state index is 13.2. The lowest BCUT2D eigenvalue weighted by atomic mass is 9.78. The number of hydrogen-bond acceptors (Lipinski definition) is 6. The van der Waals surface area contributed by atoms with Crippen molar-refractivity contribution in [2.45, 2.75) is 18.8 Å². The van der Waals surface area contributed by atoms with Crippen LogP contribution in [-0.4, -0.2) is 78.9 Å². The summed E-state index contributed by atoms with van der Waals surface area (Å²) >= 11 is 0. The molecule has 33 heavy (non-hydrogen) atoms. The molecule has 0 aromatic heterocycles. The number of carbonyl (C=O) groups excluding carboxylic acids is 2. The number of aliphatic hydroxyl groups excluding tert-OH is 1. The van der Waals surface area contributed by atoms with Crippen LogP contribution in [-0.2, 0) is 9.59 Å². The fourth-order valence-electron chi connectivity index (χ4n) is 4.78. The van der Waals surface area contributed by atoms with Crippen LogP contribution in [0.2, 0.25) is 0 Å². The summed E-state index contributed by atoms with van der Waals surface area (Å²) in [7, 11) is 0. The Kier molecular flexibility index (Phi) is 8.05. The number of nitrogens with zero attached hydrogens (tertiary/aromatic N) is 2. The summed E-state index contributed by atoms with van der Waals surface area (Å²) in [5, 5.41) is 12.6. The average Bonchev–Trinajstić information content (AvgIpc) is 2.85. The van der Waals surface area contributed by atoms with E-state index in [0.717, 1.165) is 50.4 Å². The van der Waals surface area contributed by atoms with Crippen molar-refractivity contribution in [3.05, 3.63) is 77.4 Å². The Bertz CT molecular complexity index is 947. The molecular formula is C27H33N3O3. The molecule has 1 heterocycles. The van der Waals surface area contributed by atoms with Gasteiger partial charge in [0.25, 0.3) is 0 Å². The van der Waals surface area contributed by atoms with Crippen molar-refractivity contribution < 1.29 is 14.7 Å². The second kappa shape index (κ2) is 11.4. The second-order valence-electron chi connectivity index (χ2n) is 8.81. The van der Waals surface area contributed by atoms with Crippen molar-refractivity contribution in [2.75, 3.05) is 52.4 Å². The highest BCUT2D eigenvalue weighted by Gasteiger charge is 2.34. The van der Waals surface area contributed by atoms with Crippen molar-refractivity contribution >= 4 is 17.3 Å². The molecule has 1 aliphatic heterocycles. The predicted octanol–water partition coefficient (Wildman–Crippen LogP) is 2.31. The molecule has 0 unspecified atom stereocenters. The van der Waals surface area contributed by atoms with Crippen LogP contribution in [0.4, 0.5) is 0 Å². The smallest absolute Gasteiger partial charge is 0.169 e. The highest BCUT2D eigenvalue weighted by atomic mass is 16.3. The van der Waals surface area contributed by atoms with Gasteiger partial charge in [0, 0.05) is 58.7 Å². The average molecular weight is 448 g/mol. The zero-order chi connectivity index (χ0) is 23.0. The highest BCUT2D eigenvalue weighted by molar-refractivity contribution is 6.26. The number of Topliss-reactive ketones (excluding diaryl/α,β-unsaturated/α-hetero) is 2. The molecule has 2 aliphatic rings. The van der Waals surface area contributed by atoms with Crippen LogP contribution in [0.15, 0.2) is 66.2 Å². The Balaban J connectivity index is 1.47. The zero-order valence-electron chi connectivity index (χ0n) is 19.1. The molecule has 0 spiro atoms. The Labute approximate surface area is 195 Å². The van der Waals surface area contributed by atoms with E-state index in [1.54, 1.807) is 0 Å². The van der Waals surface area contributed by atoms with Crippen LogP contribution >= 0.6 is 0 Å². The summed E-state index contributed by atoms with van der Waals surface area (Å²) in [5.74, 6) is -0.213. The summed E-state index contributed by atoms with van der Waals surface area (Å²) in [6, 6.07) is 19.6. The highest BCUT2D eigenvalue weighted by Crippen LogP contribution is 2.34. The van der Waals surface area contributed by atoms with Gasteiger partial charge in [-0.2, -0.15) is 0 Å². The molecule has 6 nitrogen and oxygen atoms in total. The molecule has 0 radical (unpaired) electrons. The summed E-state index contributed by atoms with van der Waals surface area (Å²) in [6.45, 7) is 6.23. The first-order valence-corrected chi connectivity index (χ1v) is 11.9. The Morgan fingerprint density at radius 1 is 0.818 bits per heavy atom. The van der Waals surface area contributed by atoms with Gasteiger partial charge in [-0.25, -0.2) is 0 Å². The van der Waals surface area contributed by atoms with Gasteiger partial charge in [0.15, 0.2) is 11.6 Å². The summed E-state index contributed by atoms with van der Waals surface area (Å²) in [6.07, 6.45) is 0.714. The first kappa shape index (κ1) is 23.4. The van der Waals surface area contributed by atoms with Gasteiger partial charge in [-0.3, -0.25) is 19.4 Å². The number of aliphatic hydroxyl groups is 1. The SMILES string of the molecule is O=C1CC(c2ccccc2)CC(=O)C1=C(NCCN1CCN(CCO)CC1)c1ccccc1. The molecule has 1 saturated carbocycles. The Hall–Kier alpha value is -2.80. The summed E-state index contributed by atoms with van der Waals surface area (Å²) < 4.78 is 0. The van der Waals surface area contributed by atoms with Crippen molar-refractivity contribution in [1.82, 2.24) is 15.1 Å². The molecule has 174 valence electrons. The van der Waals surface area contributed by atoms with E-state index in [-0.39, 0.29) is 24.1 Å². The molecule has 0 amide bonds. The lowest BCUT2D eigenvalue weighted by Gasteiger charge is -2.34. The minimum Gasteiger partial charge on any atom is -0.395 e. The number of allylic oxidation sites excluding steroid dienone is 1. The van der Waals surface area contributed by atoms with Gasteiger partial charge in [-0.15, -0.1) is 0 Å². The van der Waals surface area contributed by atoms with Crippen LogP contribution < -0.4 is 5.32 Å². The number of β-amino-alcohol motifs (C(OH)–C–C–N with tert-alkyl or cyclic N) is 1. The molecule has 2 aromatic rings. The van der Waals surface area contributed by atoms with E-state index in [0.29, 0.717) is 30.7 Å². The van der Waals surface area contributed by atoms with Crippen LogP contribution in [0.5, 0.6) is 0 Å². The van der Waals surface area contributed by atoms with Gasteiger partial charge >= 0.3 is 0 Å². The van der Waals surface area contributed by atoms with Crippen LogP contribution in [0.25, 0.3) is 5.70 Å². The lowest BCUT2D eigenvalue weighted by Crippen LogP contribution is -2.48. The monoisotopic (exact) mass is 447 g/mol. The van der Waals surface area contributed by atoms with Gasteiger partial charge in [-0.1, -0.05) is 60.7 Å². The lowest BCUT2D eigenvalue weighted by molar-refractivity contribution is -0.124. The quantitative estimate of drug-likeness (QED) is 0.478. The van der Waals surface area contributed by atoms with Crippen LogP contribution in [0.3, 0.4) is 0 Å². The molecule has 0 atom stereocenters. The minimum atomic E-state index is -0.0796. The van der Waals surface area contributed by atoms with Crippen molar-refractivity contribution in [3.63, 3.8) is 0 Å². The minimum absolute atomic E-state index is 0.0535. The van der Waals surface area contributed by atoms with Gasteiger partial charge in [-0.05, 0) is 17.0 Å². The third-order valence-corrected chi connectivity index (χ3v) is 6.62. The first-order valence-electron chi connectivity index (χ1n) is 11.9. The topological polar surface area (TPSA) is 72.9 Å². The molecule has 2 aromatic carbocycles. The number of piperazine rings is 1. The molecular weight excluding hydrogens is 414 g/mol. The normalized spacial score (nSPS) is 20.2. The van der Waals surface area contributed by atoms with E-state index in [2.05, 4.69) is 15.1 Å². The third kappa shape index (κ3) is 5.96. The van der Waals surface area contributed by atoms with Crippen LogP contribution in [0, 0.1) is 0 Å². The standard InChI is InChI=1S/C27H33N3O3/c31-18-17-30-15-13-29(14-16-30)12-11-28-27(22-9-5-2-6-10-22)26-24(32)19-23(20-25(26)33)21-7-3-1-4-8-21/h1-10,23,28,31H,11-20H2. The molecule has 4 rings (SSSR count). The number of ketones is 2. The Morgan fingerprint density at radius 2 is 1.36 bits per heavy atom. The zero-order valence-corrected chi connectivity index (χ0v) is 19.1. The predicted molar refractivity (Wildman–Crippen MR) is 130 cm³/mol. The number of rotatable bonds is 8. The van der Waals surface area contributed by atoms with Crippen molar-refractivity contribution in [2.24, 2.45) is 0 Å². The van der Waals surface area contributed by atoms with E-state index in [9.17, 15) is 9.59 Å². The molecule has 2 N–H and O–H groups in total. The van der Waals surface area contributed by atoms with Gasteiger partial charge < -0.3 is 10.4 Å². The second-order valence-corrected chi connectivity index (χ2v) is 8.81. The summed E-state index contributed by atoms with van der Waals surface area (Å²) in [5.41, 5.74) is 2.91. The number of hydrogen-bond donors (Lipinski definition) is 2. The van der Waals surface area contributed by atoms with Crippen LogP contribution in [0.1, 0.15) is 29.9 Å². The van der Waals surface area contributed by atoms with Crippen molar-refractivity contribution in [1.29, 1.82) is 0 Å². The van der Waals surface area contributed by atoms with Crippen molar-refractivity contribution in [3.8, 4) is 0 Å². The van der Waals surface area contributed by atoms with E-state index >= 15 is 0 Å². The van der Waals surface area contributed by atoms with E-state index < -0.39 is 0 Å². The first-order chi connectivity index (χ1) is 16.2. The number of nitrogens with one attached hydrogen (secondary N) is 1.